The molecule has 0 spiro atoms. The number of aliphatic carboxylic acids is 1. The van der Waals surface area contributed by atoms with Crippen LogP contribution in [-0.4, -0.2) is 40.8 Å². The van der Waals surface area contributed by atoms with Gasteiger partial charge in [0.25, 0.3) is 0 Å². The van der Waals surface area contributed by atoms with E-state index in [1.807, 2.05) is 20.8 Å². The average molecular weight is 269 g/mol. The Balaban J connectivity index is 1.99. The Morgan fingerprint density at radius 1 is 1.21 bits per heavy atom. The van der Waals surface area contributed by atoms with Gasteiger partial charge in [-0.1, -0.05) is 0 Å². The van der Waals surface area contributed by atoms with E-state index in [4.69, 9.17) is 4.74 Å². The molecule has 1 amide bonds. The predicted octanol–water partition coefficient (Wildman–Crippen LogP) is 2.35. The molecule has 0 aromatic heterocycles. The lowest BCUT2D eigenvalue weighted by molar-refractivity contribution is -0.143. The molecule has 5 heteroatoms. The number of likely N-dealkylation sites (tertiary alicyclic amines) is 1. The lowest BCUT2D eigenvalue weighted by Crippen LogP contribution is -2.46. The van der Waals surface area contributed by atoms with Gasteiger partial charge in [0.1, 0.15) is 5.60 Å². The summed E-state index contributed by atoms with van der Waals surface area (Å²) in [6, 6.07) is 0. The van der Waals surface area contributed by atoms with E-state index in [0.29, 0.717) is 19.0 Å². The van der Waals surface area contributed by atoms with Crippen LogP contribution in [0.3, 0.4) is 0 Å². The molecule has 0 unspecified atom stereocenters. The number of carbonyl (C=O) groups excluding carboxylic acids is 1. The van der Waals surface area contributed by atoms with Gasteiger partial charge in [-0.3, -0.25) is 4.79 Å². The van der Waals surface area contributed by atoms with Crippen LogP contribution in [0, 0.1) is 17.8 Å². The van der Waals surface area contributed by atoms with Crippen molar-refractivity contribution in [3.05, 3.63) is 0 Å². The number of hydrogen-bond acceptors (Lipinski definition) is 3. The van der Waals surface area contributed by atoms with Crippen molar-refractivity contribution in [2.24, 2.45) is 17.8 Å². The smallest absolute Gasteiger partial charge is 0.410 e. The zero-order valence-electron chi connectivity index (χ0n) is 11.9. The van der Waals surface area contributed by atoms with Crippen LogP contribution in [-0.2, 0) is 9.53 Å². The third kappa shape index (κ3) is 3.19. The van der Waals surface area contributed by atoms with Crippen molar-refractivity contribution < 1.29 is 19.4 Å². The molecule has 2 fully saturated rings. The fraction of sp³-hybridized carbons (Fsp3) is 0.857. The van der Waals surface area contributed by atoms with Gasteiger partial charge >= 0.3 is 12.1 Å². The third-order valence-electron chi connectivity index (χ3n) is 4.14. The van der Waals surface area contributed by atoms with Gasteiger partial charge in [-0.15, -0.1) is 0 Å². The van der Waals surface area contributed by atoms with Crippen molar-refractivity contribution in [1.29, 1.82) is 0 Å². The molecule has 1 N–H and O–H groups in total. The predicted molar refractivity (Wildman–Crippen MR) is 69.8 cm³/mol. The highest BCUT2D eigenvalue weighted by Gasteiger charge is 2.44. The molecule has 0 radical (unpaired) electrons. The minimum atomic E-state index is -0.724. The minimum absolute atomic E-state index is 0.0961. The molecule has 3 atom stereocenters. The summed E-state index contributed by atoms with van der Waals surface area (Å²) in [6.07, 6.45) is 2.30. The van der Waals surface area contributed by atoms with E-state index in [2.05, 4.69) is 0 Å². The summed E-state index contributed by atoms with van der Waals surface area (Å²) in [5, 5.41) is 9.23. The van der Waals surface area contributed by atoms with Gasteiger partial charge in [-0.25, -0.2) is 4.79 Å². The number of piperidine rings is 1. The lowest BCUT2D eigenvalue weighted by atomic mass is 9.84. The van der Waals surface area contributed by atoms with Gasteiger partial charge < -0.3 is 14.7 Å². The van der Waals surface area contributed by atoms with E-state index in [1.54, 1.807) is 4.90 Å². The first-order valence-corrected chi connectivity index (χ1v) is 6.98. The second-order valence-corrected chi connectivity index (χ2v) is 6.66. The second-order valence-electron chi connectivity index (χ2n) is 6.66. The summed E-state index contributed by atoms with van der Waals surface area (Å²) in [6.45, 7) is 6.73. The molecule has 1 saturated carbocycles. The molecule has 1 saturated heterocycles. The summed E-state index contributed by atoms with van der Waals surface area (Å²) in [7, 11) is 0. The maximum atomic E-state index is 12.0. The van der Waals surface area contributed by atoms with Crippen molar-refractivity contribution in [3.8, 4) is 0 Å². The molecule has 108 valence electrons. The SMILES string of the molecule is CC(C)(C)OC(=O)N1CC[C@H]2CC[C@@H](C(=O)O)[C@H]2C1. The fourth-order valence-corrected chi connectivity index (χ4v) is 3.25. The Hall–Kier alpha value is -1.26. The molecule has 2 aliphatic rings. The van der Waals surface area contributed by atoms with Crippen molar-refractivity contribution in [2.45, 2.75) is 45.6 Å². The van der Waals surface area contributed by atoms with Crippen LogP contribution in [0.4, 0.5) is 4.79 Å². The number of hydrogen-bond donors (Lipinski definition) is 1. The maximum Gasteiger partial charge on any atom is 0.410 e. The van der Waals surface area contributed by atoms with E-state index in [9.17, 15) is 14.7 Å². The monoisotopic (exact) mass is 269 g/mol. The van der Waals surface area contributed by atoms with E-state index < -0.39 is 11.6 Å². The van der Waals surface area contributed by atoms with Gasteiger partial charge in [-0.05, 0) is 51.9 Å². The normalized spacial score (nSPS) is 30.9. The number of carboxylic acids is 1. The number of amides is 1. The molecule has 0 bridgehead atoms. The van der Waals surface area contributed by atoms with Gasteiger partial charge in [0.05, 0.1) is 5.92 Å². The molecule has 1 heterocycles. The first-order chi connectivity index (χ1) is 8.78. The van der Waals surface area contributed by atoms with Crippen LogP contribution in [0.1, 0.15) is 40.0 Å². The molecule has 19 heavy (non-hydrogen) atoms. The van der Waals surface area contributed by atoms with Crippen molar-refractivity contribution in [3.63, 3.8) is 0 Å². The summed E-state index contributed by atoms with van der Waals surface area (Å²) in [4.78, 5) is 24.9. The second kappa shape index (κ2) is 5.02. The minimum Gasteiger partial charge on any atom is -0.481 e. The molecule has 1 aliphatic carbocycles. The first kappa shape index (κ1) is 14.2. The number of rotatable bonds is 1. The summed E-state index contributed by atoms with van der Waals surface area (Å²) >= 11 is 0. The van der Waals surface area contributed by atoms with Crippen LogP contribution in [0.15, 0.2) is 0 Å². The maximum absolute atomic E-state index is 12.0. The van der Waals surface area contributed by atoms with Crippen molar-refractivity contribution in [1.82, 2.24) is 4.90 Å². The van der Waals surface area contributed by atoms with Crippen LogP contribution in [0.2, 0.25) is 0 Å². The first-order valence-electron chi connectivity index (χ1n) is 6.98. The number of fused-ring (bicyclic) bond motifs is 1. The Morgan fingerprint density at radius 3 is 2.47 bits per heavy atom. The average Bonchev–Trinajstić information content (AvgIpc) is 2.68. The van der Waals surface area contributed by atoms with Gasteiger partial charge in [0.2, 0.25) is 0 Å². The zero-order chi connectivity index (χ0) is 14.2. The Morgan fingerprint density at radius 2 is 1.89 bits per heavy atom. The summed E-state index contributed by atoms with van der Waals surface area (Å²) in [5.74, 6) is -0.465. The summed E-state index contributed by atoms with van der Waals surface area (Å²) in [5.41, 5.74) is -0.504. The highest BCUT2D eigenvalue weighted by Crippen LogP contribution is 2.42. The number of ether oxygens (including phenoxy) is 1. The lowest BCUT2D eigenvalue weighted by Gasteiger charge is -2.37. The highest BCUT2D eigenvalue weighted by atomic mass is 16.6. The third-order valence-corrected chi connectivity index (χ3v) is 4.14. The molecule has 2 rings (SSSR count). The summed E-state index contributed by atoms with van der Waals surface area (Å²) < 4.78 is 5.36. The fourth-order valence-electron chi connectivity index (χ4n) is 3.25. The molecule has 1 aliphatic heterocycles. The standard InChI is InChI=1S/C14H23NO4/c1-14(2,3)19-13(18)15-7-6-9-4-5-10(12(16)17)11(9)8-15/h9-11H,4-8H2,1-3H3,(H,16,17)/t9-,10-,11+/m1/s1. The van der Waals surface area contributed by atoms with Crippen LogP contribution in [0.5, 0.6) is 0 Å². The van der Waals surface area contributed by atoms with E-state index in [-0.39, 0.29) is 17.9 Å². The highest BCUT2D eigenvalue weighted by molar-refractivity contribution is 5.72. The van der Waals surface area contributed by atoms with Gasteiger partial charge in [0, 0.05) is 13.1 Å². The molecular weight excluding hydrogens is 246 g/mol. The van der Waals surface area contributed by atoms with Crippen LogP contribution in [0.25, 0.3) is 0 Å². The number of nitrogens with zero attached hydrogens (tertiary/aromatic N) is 1. The Kier molecular flexibility index (Phi) is 3.74. The Bertz CT molecular complexity index is 374. The van der Waals surface area contributed by atoms with Gasteiger partial charge in [-0.2, -0.15) is 0 Å². The number of carbonyl (C=O) groups is 2. The van der Waals surface area contributed by atoms with Crippen molar-refractivity contribution >= 4 is 12.1 Å². The van der Waals surface area contributed by atoms with E-state index >= 15 is 0 Å². The van der Waals surface area contributed by atoms with Crippen molar-refractivity contribution in [2.75, 3.05) is 13.1 Å². The largest absolute Gasteiger partial charge is 0.481 e. The molecule has 0 aromatic rings. The molecule has 0 aromatic carbocycles. The molecule has 5 nitrogen and oxygen atoms in total. The molecular formula is C14H23NO4. The topological polar surface area (TPSA) is 66.8 Å². The van der Waals surface area contributed by atoms with Crippen LogP contribution < -0.4 is 0 Å². The van der Waals surface area contributed by atoms with E-state index in [1.165, 1.54) is 0 Å². The quantitative estimate of drug-likeness (QED) is 0.793. The van der Waals surface area contributed by atoms with E-state index in [0.717, 1.165) is 19.3 Å². The Labute approximate surface area is 113 Å². The van der Waals surface area contributed by atoms with Gasteiger partial charge in [0.15, 0.2) is 0 Å². The zero-order valence-corrected chi connectivity index (χ0v) is 11.9. The number of carboxylic acid groups (broad SMARTS) is 1. The van der Waals surface area contributed by atoms with Crippen LogP contribution >= 0.6 is 0 Å².